The number of halogens is 1. The number of hydrogen-bond acceptors (Lipinski definition) is 6. The van der Waals surface area contributed by atoms with E-state index in [-0.39, 0.29) is 56.8 Å². The molecule has 3 N–H and O–H groups in total. The van der Waals surface area contributed by atoms with Crippen LogP contribution in [0.4, 0.5) is 5.82 Å². The topological polar surface area (TPSA) is 107 Å². The van der Waals surface area contributed by atoms with E-state index in [1.54, 1.807) is 30.5 Å². The van der Waals surface area contributed by atoms with Crippen molar-refractivity contribution in [1.82, 2.24) is 9.38 Å². The van der Waals surface area contributed by atoms with Crippen LogP contribution in [-0.2, 0) is 4.74 Å². The molecule has 0 radical (unpaired) electrons. The normalized spacial score (nSPS) is 23.1. The molecule has 2 aromatic heterocycles. The van der Waals surface area contributed by atoms with Gasteiger partial charge in [0.1, 0.15) is 28.5 Å². The third-order valence-electron chi connectivity index (χ3n) is 8.19. The van der Waals surface area contributed by atoms with Gasteiger partial charge >= 0.3 is 5.97 Å². The molecule has 0 saturated heterocycles. The summed E-state index contributed by atoms with van der Waals surface area (Å²) >= 11 is 6.13. The van der Waals surface area contributed by atoms with Gasteiger partial charge in [0.2, 0.25) is 0 Å². The van der Waals surface area contributed by atoms with Gasteiger partial charge in [-0.05, 0) is 54.2 Å². The van der Waals surface area contributed by atoms with Crippen LogP contribution < -0.4 is 16.5 Å². The average molecular weight is 554 g/mol. The van der Waals surface area contributed by atoms with E-state index in [0.29, 0.717) is 22.1 Å². The fraction of sp³-hybridized carbons (Fsp3) is 0.516. The third-order valence-corrected chi connectivity index (χ3v) is 8.44. The molecule has 0 spiro atoms. The molecule has 39 heavy (non-hydrogen) atoms. The molecule has 210 valence electrons. The van der Waals surface area contributed by atoms with E-state index in [0.717, 1.165) is 12.8 Å². The van der Waals surface area contributed by atoms with E-state index >= 15 is 0 Å². The van der Waals surface area contributed by atoms with E-state index in [4.69, 9.17) is 22.1 Å². The second-order valence-electron chi connectivity index (χ2n) is 13.3. The zero-order valence-electron chi connectivity index (χ0n) is 24.1. The Bertz CT molecular complexity index is 1490. The fourth-order valence-electron chi connectivity index (χ4n) is 6.10. The van der Waals surface area contributed by atoms with E-state index in [1.807, 2.05) is 0 Å². The van der Waals surface area contributed by atoms with Crippen molar-refractivity contribution in [3.8, 4) is 11.1 Å². The SMILES string of the molecule is C/C(O)=c1\c(N)nc2c(C(=O)OC3C(C(C)(C)C)CC(C)CC3C(C)(C)C)c(-c3ccc(Cl)cc3)cn2c1=O. The maximum absolute atomic E-state index is 14.2. The molecule has 4 rings (SSSR count). The number of carbonyl (C=O) groups excluding carboxylic acids is 1. The van der Waals surface area contributed by atoms with E-state index in [2.05, 4.69) is 53.5 Å². The number of fused-ring (bicyclic) bond motifs is 1. The summed E-state index contributed by atoms with van der Waals surface area (Å²) in [6.07, 6.45) is 3.15. The van der Waals surface area contributed by atoms with Gasteiger partial charge in [-0.25, -0.2) is 9.78 Å². The Morgan fingerprint density at radius 2 is 1.62 bits per heavy atom. The minimum Gasteiger partial charge on any atom is -0.512 e. The van der Waals surface area contributed by atoms with Crippen LogP contribution in [0, 0.1) is 28.6 Å². The van der Waals surface area contributed by atoms with Gasteiger partial charge in [0.15, 0.2) is 5.65 Å². The average Bonchev–Trinajstić information content (AvgIpc) is 3.18. The highest BCUT2D eigenvalue weighted by Gasteiger charge is 2.48. The number of nitrogen functional groups attached to an aromatic ring is 1. The molecular formula is C31H40ClN3O4. The number of nitrogens with two attached hydrogens (primary N) is 1. The number of aliphatic hydroxyl groups is 1. The van der Waals surface area contributed by atoms with Gasteiger partial charge in [0.25, 0.3) is 5.56 Å². The lowest BCUT2D eigenvalue weighted by molar-refractivity contribution is -0.0922. The van der Waals surface area contributed by atoms with Crippen molar-refractivity contribution in [1.29, 1.82) is 0 Å². The van der Waals surface area contributed by atoms with E-state index < -0.39 is 11.5 Å². The van der Waals surface area contributed by atoms with Crippen LogP contribution in [0.5, 0.6) is 0 Å². The second-order valence-corrected chi connectivity index (χ2v) is 13.7. The summed E-state index contributed by atoms with van der Waals surface area (Å²) in [5, 5.41) is 10.6. The maximum Gasteiger partial charge on any atom is 0.342 e. The standard InChI is InChI=1S/C31H40ClN3O4/c1-16-13-21(30(3,4)5)25(22(14-16)31(6,7)8)39-29(38)24-20(18-9-11-19(32)12-10-18)15-35-27(24)34-26(33)23(17(2)36)28(35)37/h9-12,15-16,21-22,25,36H,13-14H2,1-8H3,(H2,33,34)/b23-17-. The predicted octanol–water partition coefficient (Wildman–Crippen LogP) is 6.28. The van der Waals surface area contributed by atoms with Crippen LogP contribution in [0.2, 0.25) is 5.02 Å². The molecule has 2 atom stereocenters. The van der Waals surface area contributed by atoms with E-state index in [1.165, 1.54) is 11.3 Å². The quantitative estimate of drug-likeness (QED) is 0.369. The summed E-state index contributed by atoms with van der Waals surface area (Å²) in [4.78, 5) is 32.0. The molecular weight excluding hydrogens is 514 g/mol. The minimum atomic E-state index is -0.557. The smallest absolute Gasteiger partial charge is 0.342 e. The summed E-state index contributed by atoms with van der Waals surface area (Å²) in [5.41, 5.74) is 6.81. The first-order valence-corrected chi connectivity index (χ1v) is 13.9. The van der Waals surface area contributed by atoms with Gasteiger partial charge in [0.05, 0.1) is 0 Å². The predicted molar refractivity (Wildman–Crippen MR) is 157 cm³/mol. The zero-order valence-corrected chi connectivity index (χ0v) is 24.9. The molecule has 3 aromatic rings. The van der Waals surface area contributed by atoms with Gasteiger partial charge in [-0.15, -0.1) is 0 Å². The van der Waals surface area contributed by atoms with Gasteiger partial charge in [-0.1, -0.05) is 72.2 Å². The van der Waals surface area contributed by atoms with Crippen LogP contribution in [0.1, 0.15) is 78.6 Å². The lowest BCUT2D eigenvalue weighted by atomic mass is 9.59. The van der Waals surface area contributed by atoms with Crippen molar-refractivity contribution in [3.05, 3.63) is 56.6 Å². The largest absolute Gasteiger partial charge is 0.512 e. The molecule has 0 aliphatic heterocycles. The summed E-state index contributed by atoms with van der Waals surface area (Å²) in [7, 11) is 0. The Balaban J connectivity index is 1.94. The van der Waals surface area contributed by atoms with Crippen LogP contribution in [0.15, 0.2) is 35.3 Å². The third kappa shape index (κ3) is 5.51. The molecule has 2 unspecified atom stereocenters. The zero-order chi connectivity index (χ0) is 29.0. The number of nitrogens with zero attached hydrogens (tertiary/aromatic N) is 2. The molecule has 2 heterocycles. The number of aliphatic hydroxyl groups excluding tert-OH is 1. The maximum atomic E-state index is 14.2. The van der Waals surface area contributed by atoms with Gasteiger partial charge < -0.3 is 15.6 Å². The highest BCUT2D eigenvalue weighted by Crippen LogP contribution is 2.50. The van der Waals surface area contributed by atoms with Crippen molar-refractivity contribution in [2.45, 2.75) is 74.3 Å². The first kappa shape index (κ1) is 28.9. The van der Waals surface area contributed by atoms with Gasteiger partial charge in [-0.2, -0.15) is 0 Å². The van der Waals surface area contributed by atoms with Gasteiger partial charge in [-0.3, -0.25) is 9.20 Å². The Kier molecular flexibility index (Phi) is 7.54. The Morgan fingerprint density at radius 1 is 1.08 bits per heavy atom. The molecule has 7 nitrogen and oxygen atoms in total. The molecule has 1 aliphatic rings. The number of ether oxygens (including phenoxy) is 1. The second kappa shape index (κ2) is 10.2. The Hall–Kier alpha value is -3.06. The summed E-state index contributed by atoms with van der Waals surface area (Å²) in [6.45, 7) is 16.8. The number of carbonyl (C=O) groups is 1. The van der Waals surface area contributed by atoms with Crippen LogP contribution in [0.25, 0.3) is 22.5 Å². The molecule has 1 saturated carbocycles. The van der Waals surface area contributed by atoms with Crippen LogP contribution >= 0.6 is 11.6 Å². The lowest BCUT2D eigenvalue weighted by Gasteiger charge is -2.50. The minimum absolute atomic E-state index is 0.0841. The van der Waals surface area contributed by atoms with Crippen molar-refractivity contribution in [2.24, 2.45) is 28.6 Å². The number of benzene rings is 1. The van der Waals surface area contributed by atoms with Crippen molar-refractivity contribution in [3.63, 3.8) is 0 Å². The Labute approximate surface area is 235 Å². The molecule has 1 aromatic carbocycles. The monoisotopic (exact) mass is 553 g/mol. The molecule has 1 fully saturated rings. The Morgan fingerprint density at radius 3 is 2.10 bits per heavy atom. The first-order valence-electron chi connectivity index (χ1n) is 13.5. The molecule has 1 aliphatic carbocycles. The highest BCUT2D eigenvalue weighted by atomic mass is 35.5. The highest BCUT2D eigenvalue weighted by molar-refractivity contribution is 6.30. The molecule has 8 heteroatoms. The molecule has 0 bridgehead atoms. The summed E-state index contributed by atoms with van der Waals surface area (Å²) in [6, 6.07) is 7.01. The summed E-state index contributed by atoms with van der Waals surface area (Å²) in [5.74, 6) is -0.130. The molecule has 0 amide bonds. The summed E-state index contributed by atoms with van der Waals surface area (Å²) < 4.78 is 7.76. The fourth-order valence-corrected chi connectivity index (χ4v) is 6.23. The number of esters is 1. The van der Waals surface area contributed by atoms with Crippen LogP contribution in [-0.4, -0.2) is 26.6 Å². The van der Waals surface area contributed by atoms with Crippen molar-refractivity contribution < 1.29 is 14.6 Å². The van der Waals surface area contributed by atoms with Crippen molar-refractivity contribution >= 4 is 34.8 Å². The lowest BCUT2D eigenvalue weighted by Crippen LogP contribution is -2.49. The van der Waals surface area contributed by atoms with Gasteiger partial charge in [0, 0.05) is 28.6 Å². The number of hydrogen-bond donors (Lipinski definition) is 2. The van der Waals surface area contributed by atoms with Crippen LogP contribution in [0.3, 0.4) is 0 Å². The number of aromatic nitrogens is 2. The van der Waals surface area contributed by atoms with E-state index in [9.17, 15) is 14.7 Å². The number of anilines is 1. The first-order chi connectivity index (χ1) is 18.0. The van der Waals surface area contributed by atoms with Crippen molar-refractivity contribution in [2.75, 3.05) is 5.73 Å². The number of rotatable bonds is 3.